The monoisotopic (exact) mass is 490 g/mol. The van der Waals surface area contributed by atoms with Crippen molar-refractivity contribution in [2.75, 3.05) is 6.61 Å². The van der Waals surface area contributed by atoms with Crippen LogP contribution < -0.4 is 0 Å². The highest BCUT2D eigenvalue weighted by atomic mass is 79.9. The van der Waals surface area contributed by atoms with Crippen molar-refractivity contribution >= 4 is 40.9 Å². The average molecular weight is 491 g/mol. The van der Waals surface area contributed by atoms with Crippen LogP contribution in [0.25, 0.3) is 26.8 Å². The van der Waals surface area contributed by atoms with Crippen molar-refractivity contribution in [3.63, 3.8) is 0 Å². The maximum atomic E-state index is 5.76. The first-order valence-electron chi connectivity index (χ1n) is 9.40. The Labute approximate surface area is 182 Å². The van der Waals surface area contributed by atoms with Crippen LogP contribution in [-0.4, -0.2) is 44.0 Å². The SMILES string of the molecule is Cc1nn2ccccc2c1-c1nc(Br)c(-c2ncn(COCC[Si](C)(C)C)n2)s1. The average Bonchev–Trinajstić information content (AvgIpc) is 3.34. The van der Waals surface area contributed by atoms with Gasteiger partial charge in [0.05, 0.1) is 16.8 Å². The van der Waals surface area contributed by atoms with Gasteiger partial charge in [-0.1, -0.05) is 25.7 Å². The van der Waals surface area contributed by atoms with Gasteiger partial charge in [0, 0.05) is 20.9 Å². The minimum absolute atomic E-state index is 0.411. The number of halogens is 1. The number of fused-ring (bicyclic) bond motifs is 1. The van der Waals surface area contributed by atoms with Gasteiger partial charge in [-0.25, -0.2) is 19.2 Å². The second-order valence-corrected chi connectivity index (χ2v) is 15.5. The summed E-state index contributed by atoms with van der Waals surface area (Å²) in [4.78, 5) is 10.1. The molecule has 0 fully saturated rings. The van der Waals surface area contributed by atoms with Crippen molar-refractivity contribution < 1.29 is 4.74 Å². The second kappa shape index (κ2) is 8.09. The Hall–Kier alpha value is -1.88. The molecular formula is C19H23BrN6OSSi. The summed E-state index contributed by atoms with van der Waals surface area (Å²) in [5, 5.41) is 10.0. The molecule has 0 spiro atoms. The van der Waals surface area contributed by atoms with Crippen LogP contribution in [0.15, 0.2) is 35.3 Å². The molecule has 10 heteroatoms. The molecule has 0 aromatic carbocycles. The van der Waals surface area contributed by atoms with Crippen molar-refractivity contribution in [3.8, 4) is 21.3 Å². The van der Waals surface area contributed by atoms with Crippen LogP contribution in [0, 0.1) is 6.92 Å². The number of nitrogens with zero attached hydrogens (tertiary/aromatic N) is 6. The third-order valence-electron chi connectivity index (χ3n) is 4.47. The quantitative estimate of drug-likeness (QED) is 0.266. The Morgan fingerprint density at radius 3 is 2.83 bits per heavy atom. The van der Waals surface area contributed by atoms with Crippen LogP contribution in [0.1, 0.15) is 5.69 Å². The van der Waals surface area contributed by atoms with Gasteiger partial charge in [0.2, 0.25) is 0 Å². The van der Waals surface area contributed by atoms with Crippen molar-refractivity contribution in [1.82, 2.24) is 29.4 Å². The van der Waals surface area contributed by atoms with Gasteiger partial charge in [0.1, 0.15) is 27.5 Å². The molecule has 4 heterocycles. The standard InChI is InChI=1S/C19H23BrN6OSSi/c1-13-15(14-7-5-6-8-26(14)23-13)19-22-17(20)16(28-19)18-21-11-25(24-18)12-27-9-10-29(2,3)4/h5-8,11H,9-10,12H2,1-4H3. The first-order chi connectivity index (χ1) is 13.8. The molecule has 0 aliphatic rings. The van der Waals surface area contributed by atoms with E-state index in [1.165, 1.54) is 0 Å². The van der Waals surface area contributed by atoms with Crippen LogP contribution >= 0.6 is 27.3 Å². The molecule has 0 atom stereocenters. The fourth-order valence-electron chi connectivity index (χ4n) is 2.92. The van der Waals surface area contributed by atoms with Crippen molar-refractivity contribution in [2.45, 2.75) is 39.3 Å². The number of rotatable bonds is 7. The summed E-state index contributed by atoms with van der Waals surface area (Å²) in [6.07, 6.45) is 3.65. The van der Waals surface area contributed by atoms with Crippen molar-refractivity contribution in [1.29, 1.82) is 0 Å². The molecule has 0 amide bonds. The number of aromatic nitrogens is 6. The molecule has 0 saturated heterocycles. The minimum atomic E-state index is -1.09. The van der Waals surface area contributed by atoms with Crippen LogP contribution in [0.2, 0.25) is 25.7 Å². The molecule has 0 unspecified atom stereocenters. The summed E-state index contributed by atoms with van der Waals surface area (Å²) in [7, 11) is -1.09. The zero-order chi connectivity index (χ0) is 20.6. The second-order valence-electron chi connectivity index (χ2n) is 8.09. The highest BCUT2D eigenvalue weighted by Gasteiger charge is 2.20. The largest absolute Gasteiger partial charge is 0.359 e. The Morgan fingerprint density at radius 1 is 1.21 bits per heavy atom. The molecule has 29 heavy (non-hydrogen) atoms. The van der Waals surface area contributed by atoms with Crippen molar-refractivity contribution in [3.05, 3.63) is 41.0 Å². The highest BCUT2D eigenvalue weighted by Crippen LogP contribution is 2.39. The fraction of sp³-hybridized carbons (Fsp3) is 0.368. The lowest BCUT2D eigenvalue weighted by molar-refractivity contribution is 0.0785. The molecule has 4 rings (SSSR count). The zero-order valence-electron chi connectivity index (χ0n) is 16.9. The summed E-state index contributed by atoms with van der Waals surface area (Å²) in [5.41, 5.74) is 3.02. The van der Waals surface area contributed by atoms with Gasteiger partial charge in [-0.15, -0.1) is 16.4 Å². The van der Waals surface area contributed by atoms with Crippen molar-refractivity contribution in [2.24, 2.45) is 0 Å². The summed E-state index contributed by atoms with van der Waals surface area (Å²) in [6, 6.07) is 7.16. The van der Waals surface area contributed by atoms with E-state index in [-0.39, 0.29) is 0 Å². The van der Waals surface area contributed by atoms with E-state index in [9.17, 15) is 0 Å². The van der Waals surface area contributed by atoms with E-state index in [0.29, 0.717) is 12.6 Å². The number of thiazole rings is 1. The Morgan fingerprint density at radius 2 is 2.03 bits per heavy atom. The molecule has 0 aliphatic heterocycles. The van der Waals surface area contributed by atoms with Crippen LogP contribution in [0.4, 0.5) is 0 Å². The molecule has 0 radical (unpaired) electrons. The van der Waals surface area contributed by atoms with Gasteiger partial charge in [-0.2, -0.15) is 5.10 Å². The fourth-order valence-corrected chi connectivity index (χ4v) is 5.40. The lowest BCUT2D eigenvalue weighted by Crippen LogP contribution is -2.22. The molecule has 7 nitrogen and oxygen atoms in total. The molecule has 4 aromatic heterocycles. The lowest BCUT2D eigenvalue weighted by atomic mass is 10.2. The zero-order valence-corrected chi connectivity index (χ0v) is 20.3. The highest BCUT2D eigenvalue weighted by molar-refractivity contribution is 9.10. The van der Waals surface area contributed by atoms with Gasteiger partial charge in [0.25, 0.3) is 0 Å². The third kappa shape index (κ3) is 4.50. The molecule has 0 bridgehead atoms. The smallest absolute Gasteiger partial charge is 0.194 e. The van der Waals surface area contributed by atoms with Crippen LogP contribution in [0.5, 0.6) is 0 Å². The van der Waals surface area contributed by atoms with Gasteiger partial charge >= 0.3 is 0 Å². The minimum Gasteiger partial charge on any atom is -0.359 e. The molecule has 0 aliphatic carbocycles. The molecular weight excluding hydrogens is 468 g/mol. The van der Waals surface area contributed by atoms with Gasteiger partial charge in [-0.3, -0.25) is 0 Å². The third-order valence-corrected chi connectivity index (χ3v) is 8.08. The normalized spacial score (nSPS) is 12.2. The van der Waals surface area contributed by atoms with E-state index in [4.69, 9.17) is 9.72 Å². The van der Waals surface area contributed by atoms with Gasteiger partial charge in [0.15, 0.2) is 5.82 Å². The van der Waals surface area contributed by atoms with E-state index < -0.39 is 8.07 Å². The first-order valence-corrected chi connectivity index (χ1v) is 14.7. The Bertz CT molecular complexity index is 1150. The number of ether oxygens (including phenoxy) is 1. The van der Waals surface area contributed by atoms with E-state index in [0.717, 1.165) is 43.9 Å². The predicted molar refractivity (Wildman–Crippen MR) is 122 cm³/mol. The predicted octanol–water partition coefficient (Wildman–Crippen LogP) is 5.10. The topological polar surface area (TPSA) is 70.1 Å². The summed E-state index contributed by atoms with van der Waals surface area (Å²) in [5.74, 6) is 0.642. The van der Waals surface area contributed by atoms with E-state index in [1.54, 1.807) is 22.3 Å². The molecule has 0 saturated carbocycles. The lowest BCUT2D eigenvalue weighted by Gasteiger charge is -2.15. The maximum absolute atomic E-state index is 5.76. The van der Waals surface area contributed by atoms with Gasteiger partial charge < -0.3 is 4.74 Å². The van der Waals surface area contributed by atoms with E-state index in [2.05, 4.69) is 56.8 Å². The molecule has 4 aromatic rings. The summed E-state index contributed by atoms with van der Waals surface area (Å²) < 4.78 is 10.1. The molecule has 152 valence electrons. The maximum Gasteiger partial charge on any atom is 0.194 e. The van der Waals surface area contributed by atoms with Crippen LogP contribution in [-0.2, 0) is 11.5 Å². The van der Waals surface area contributed by atoms with Gasteiger partial charge in [-0.05, 0) is 41.0 Å². The summed E-state index contributed by atoms with van der Waals surface area (Å²) in [6.45, 7) is 10.2. The summed E-state index contributed by atoms with van der Waals surface area (Å²) >= 11 is 5.14. The number of hydrogen-bond acceptors (Lipinski definition) is 6. The van der Waals surface area contributed by atoms with Crippen LogP contribution in [0.3, 0.4) is 0 Å². The number of aryl methyl sites for hydroxylation is 1. The Kier molecular flexibility index (Phi) is 5.69. The molecule has 0 N–H and O–H groups in total. The number of hydrogen-bond donors (Lipinski definition) is 0. The van der Waals surface area contributed by atoms with E-state index >= 15 is 0 Å². The van der Waals surface area contributed by atoms with E-state index in [1.807, 2.05) is 29.8 Å². The first kappa shape index (κ1) is 20.4. The Balaban J connectivity index is 1.54. The number of pyridine rings is 1.